The van der Waals surface area contributed by atoms with Crippen molar-refractivity contribution in [2.45, 2.75) is 46.6 Å². The van der Waals surface area contributed by atoms with Gasteiger partial charge in [-0.05, 0) is 26.2 Å². The van der Waals surface area contributed by atoms with Crippen LogP contribution in [-0.4, -0.2) is 38.0 Å². The maximum absolute atomic E-state index is 11.4. The summed E-state index contributed by atoms with van der Waals surface area (Å²) in [5, 5.41) is 9.20. The minimum atomic E-state index is 0.0649. The van der Waals surface area contributed by atoms with E-state index in [1.54, 1.807) is 7.05 Å². The first-order valence-electron chi connectivity index (χ1n) is 6.69. The maximum Gasteiger partial charge on any atom is 0.221 e. The van der Waals surface area contributed by atoms with Crippen LogP contribution >= 0.6 is 0 Å². The van der Waals surface area contributed by atoms with Gasteiger partial charge in [-0.15, -0.1) is 0 Å². The topological polar surface area (TPSA) is 65.5 Å². The van der Waals surface area contributed by atoms with E-state index in [2.05, 4.69) is 34.8 Å². The molecule has 0 aliphatic heterocycles. The van der Waals surface area contributed by atoms with E-state index in [9.17, 15) is 4.79 Å². The molecule has 0 aromatic rings. The van der Waals surface area contributed by atoms with E-state index >= 15 is 0 Å². The lowest BCUT2D eigenvalue weighted by Crippen LogP contribution is -2.40. The molecule has 18 heavy (non-hydrogen) atoms. The van der Waals surface area contributed by atoms with E-state index in [0.717, 1.165) is 18.9 Å². The minimum Gasteiger partial charge on any atom is -0.356 e. The Morgan fingerprint density at radius 3 is 2.22 bits per heavy atom. The average Bonchev–Trinajstić information content (AvgIpc) is 2.25. The molecule has 0 radical (unpaired) electrons. The zero-order chi connectivity index (χ0) is 14.0. The molecular weight excluding hydrogens is 228 g/mol. The van der Waals surface area contributed by atoms with E-state index in [4.69, 9.17) is 0 Å². The molecule has 3 N–H and O–H groups in total. The Hall–Kier alpha value is -1.26. The molecule has 106 valence electrons. The molecule has 0 unspecified atom stereocenters. The smallest absolute Gasteiger partial charge is 0.221 e. The third-order valence-corrected chi connectivity index (χ3v) is 2.33. The molecule has 0 bridgehead atoms. The van der Waals surface area contributed by atoms with E-state index in [0.29, 0.717) is 18.9 Å². The Morgan fingerprint density at radius 1 is 1.11 bits per heavy atom. The fourth-order valence-corrected chi connectivity index (χ4v) is 1.39. The first-order valence-corrected chi connectivity index (χ1v) is 6.69. The molecule has 0 rings (SSSR count). The molecule has 1 amide bonds. The summed E-state index contributed by atoms with van der Waals surface area (Å²) < 4.78 is 0. The Bertz CT molecular complexity index is 262. The summed E-state index contributed by atoms with van der Waals surface area (Å²) in [5.41, 5.74) is 0. The van der Waals surface area contributed by atoms with Gasteiger partial charge in [-0.1, -0.05) is 13.8 Å². The maximum atomic E-state index is 11.4. The Kier molecular flexibility index (Phi) is 9.06. The van der Waals surface area contributed by atoms with Crippen molar-refractivity contribution < 1.29 is 4.79 Å². The quantitative estimate of drug-likeness (QED) is 0.472. The summed E-state index contributed by atoms with van der Waals surface area (Å²) in [4.78, 5) is 15.5. The molecular formula is C13H28N4O. The number of nitrogens with one attached hydrogen (secondary N) is 3. The molecule has 0 aromatic heterocycles. The van der Waals surface area contributed by atoms with Crippen LogP contribution in [0.25, 0.3) is 0 Å². The van der Waals surface area contributed by atoms with E-state index in [1.165, 1.54) is 0 Å². The molecule has 0 aliphatic carbocycles. The van der Waals surface area contributed by atoms with Gasteiger partial charge in [0.25, 0.3) is 0 Å². The van der Waals surface area contributed by atoms with Crippen molar-refractivity contribution in [1.82, 2.24) is 16.0 Å². The van der Waals surface area contributed by atoms with E-state index in [-0.39, 0.29) is 11.9 Å². The SMILES string of the molecule is CN=C(NCCC(=O)NC(C)C)NCCC(C)C. The van der Waals surface area contributed by atoms with Gasteiger partial charge in [0.1, 0.15) is 0 Å². The lowest BCUT2D eigenvalue weighted by Gasteiger charge is -2.13. The van der Waals surface area contributed by atoms with Gasteiger partial charge in [0.15, 0.2) is 5.96 Å². The monoisotopic (exact) mass is 256 g/mol. The Morgan fingerprint density at radius 2 is 1.72 bits per heavy atom. The second kappa shape index (κ2) is 9.74. The number of hydrogen-bond acceptors (Lipinski definition) is 2. The van der Waals surface area contributed by atoms with Gasteiger partial charge in [-0.3, -0.25) is 9.79 Å². The number of hydrogen-bond donors (Lipinski definition) is 3. The summed E-state index contributed by atoms with van der Waals surface area (Å²) in [6, 6.07) is 0.195. The molecule has 0 saturated carbocycles. The highest BCUT2D eigenvalue weighted by Crippen LogP contribution is 1.95. The molecule has 0 aliphatic rings. The van der Waals surface area contributed by atoms with Gasteiger partial charge in [0.2, 0.25) is 5.91 Å². The minimum absolute atomic E-state index is 0.0649. The summed E-state index contributed by atoms with van der Waals surface area (Å²) >= 11 is 0. The van der Waals surface area contributed by atoms with Gasteiger partial charge >= 0.3 is 0 Å². The largest absolute Gasteiger partial charge is 0.356 e. The zero-order valence-electron chi connectivity index (χ0n) is 12.3. The van der Waals surface area contributed by atoms with Crippen LogP contribution < -0.4 is 16.0 Å². The van der Waals surface area contributed by atoms with Gasteiger partial charge < -0.3 is 16.0 Å². The van der Waals surface area contributed by atoms with Gasteiger partial charge in [0, 0.05) is 32.6 Å². The van der Waals surface area contributed by atoms with Crippen molar-refractivity contribution in [1.29, 1.82) is 0 Å². The number of nitrogens with zero attached hydrogens (tertiary/aromatic N) is 1. The van der Waals surface area contributed by atoms with Gasteiger partial charge in [-0.25, -0.2) is 0 Å². The van der Waals surface area contributed by atoms with E-state index < -0.39 is 0 Å². The van der Waals surface area contributed by atoms with Crippen LogP contribution in [0.1, 0.15) is 40.5 Å². The van der Waals surface area contributed by atoms with Crippen LogP contribution in [0.4, 0.5) is 0 Å². The molecule has 0 fully saturated rings. The molecule has 5 heteroatoms. The molecule has 5 nitrogen and oxygen atoms in total. The Balaban J connectivity index is 3.71. The highest BCUT2D eigenvalue weighted by molar-refractivity contribution is 5.81. The second-order valence-corrected chi connectivity index (χ2v) is 5.08. The van der Waals surface area contributed by atoms with E-state index in [1.807, 2.05) is 13.8 Å². The zero-order valence-corrected chi connectivity index (χ0v) is 12.3. The number of carbonyl (C=O) groups excluding carboxylic acids is 1. The third-order valence-electron chi connectivity index (χ3n) is 2.33. The number of carbonyl (C=O) groups is 1. The van der Waals surface area contributed by atoms with Crippen LogP contribution in [-0.2, 0) is 4.79 Å². The second-order valence-electron chi connectivity index (χ2n) is 5.08. The number of guanidine groups is 1. The summed E-state index contributed by atoms with van der Waals surface area (Å²) in [6.45, 7) is 9.78. The lowest BCUT2D eigenvalue weighted by atomic mass is 10.1. The highest BCUT2D eigenvalue weighted by atomic mass is 16.1. The van der Waals surface area contributed by atoms with Crippen molar-refractivity contribution in [3.63, 3.8) is 0 Å². The summed E-state index contributed by atoms with van der Waals surface area (Å²) in [5.74, 6) is 1.50. The van der Waals surface area contributed by atoms with Crippen molar-refractivity contribution in [2.24, 2.45) is 10.9 Å². The molecule has 0 atom stereocenters. The highest BCUT2D eigenvalue weighted by Gasteiger charge is 2.03. The van der Waals surface area contributed by atoms with Crippen LogP contribution in [0.5, 0.6) is 0 Å². The van der Waals surface area contributed by atoms with Crippen LogP contribution in [0.15, 0.2) is 4.99 Å². The van der Waals surface area contributed by atoms with Gasteiger partial charge in [-0.2, -0.15) is 0 Å². The lowest BCUT2D eigenvalue weighted by molar-refractivity contribution is -0.121. The number of aliphatic imine (C=N–C) groups is 1. The van der Waals surface area contributed by atoms with Crippen LogP contribution in [0, 0.1) is 5.92 Å². The predicted octanol–water partition coefficient (Wildman–Crippen LogP) is 1.11. The first kappa shape index (κ1) is 16.7. The fraction of sp³-hybridized carbons (Fsp3) is 0.846. The molecule has 0 aromatic carbocycles. The van der Waals surface area contributed by atoms with Crippen molar-refractivity contribution in [3.8, 4) is 0 Å². The molecule has 0 saturated heterocycles. The first-order chi connectivity index (χ1) is 8.45. The fourth-order valence-electron chi connectivity index (χ4n) is 1.39. The van der Waals surface area contributed by atoms with Crippen LogP contribution in [0.3, 0.4) is 0 Å². The number of rotatable bonds is 7. The summed E-state index contributed by atoms with van der Waals surface area (Å²) in [7, 11) is 1.74. The summed E-state index contributed by atoms with van der Waals surface area (Å²) in [6.07, 6.45) is 1.57. The number of amides is 1. The Labute approximate surface area is 111 Å². The third kappa shape index (κ3) is 9.93. The molecule has 0 heterocycles. The van der Waals surface area contributed by atoms with Crippen LogP contribution in [0.2, 0.25) is 0 Å². The van der Waals surface area contributed by atoms with Gasteiger partial charge in [0.05, 0.1) is 0 Å². The standard InChI is InChI=1S/C13H28N4O/c1-10(2)6-8-15-13(14-5)16-9-7-12(18)17-11(3)4/h10-11H,6-9H2,1-5H3,(H,17,18)(H2,14,15,16). The predicted molar refractivity (Wildman–Crippen MR) is 76.7 cm³/mol. The average molecular weight is 256 g/mol. The normalized spacial score (nSPS) is 11.8. The molecule has 0 spiro atoms. The van der Waals surface area contributed by atoms with Crippen molar-refractivity contribution in [2.75, 3.05) is 20.1 Å². The van der Waals surface area contributed by atoms with Crippen molar-refractivity contribution in [3.05, 3.63) is 0 Å². The van der Waals surface area contributed by atoms with Crippen molar-refractivity contribution >= 4 is 11.9 Å².